The highest BCUT2D eigenvalue weighted by Gasteiger charge is 2.45. The molecule has 0 aliphatic carbocycles. The summed E-state index contributed by atoms with van der Waals surface area (Å²) in [6, 6.07) is 9.50. The predicted molar refractivity (Wildman–Crippen MR) is 99.8 cm³/mol. The second-order valence-corrected chi connectivity index (χ2v) is 9.39. The second-order valence-electron chi connectivity index (χ2n) is 6.26. The van der Waals surface area contributed by atoms with Crippen molar-refractivity contribution in [1.82, 2.24) is 9.55 Å². The first-order chi connectivity index (χ1) is 12.4. The van der Waals surface area contributed by atoms with Gasteiger partial charge in [-0.25, -0.2) is 4.79 Å². The van der Waals surface area contributed by atoms with E-state index in [1.54, 1.807) is 6.92 Å². The highest BCUT2D eigenvalue weighted by atomic mass is 32.5. The van der Waals surface area contributed by atoms with Gasteiger partial charge in [0.05, 0.1) is 12.7 Å². The number of benzene rings is 1. The SMILES string of the molecule is Cc1cn([C@H]2CC3OP(=S)(Nc4ccccc4)OC[C@H]3O2)c(=O)[nH]c1=O. The van der Waals surface area contributed by atoms with Crippen LogP contribution in [0.3, 0.4) is 0 Å². The molecule has 2 aliphatic heterocycles. The maximum atomic E-state index is 12.1. The smallest absolute Gasteiger partial charge is 0.330 e. The molecule has 2 fully saturated rings. The van der Waals surface area contributed by atoms with E-state index in [9.17, 15) is 9.59 Å². The number of H-pyrrole nitrogens is 1. The van der Waals surface area contributed by atoms with Gasteiger partial charge in [-0.05, 0) is 30.9 Å². The summed E-state index contributed by atoms with van der Waals surface area (Å²) in [5, 5.41) is 3.16. The van der Waals surface area contributed by atoms with Crippen molar-refractivity contribution in [2.75, 3.05) is 11.7 Å². The lowest BCUT2D eigenvalue weighted by Gasteiger charge is -2.34. The van der Waals surface area contributed by atoms with Gasteiger partial charge < -0.3 is 18.9 Å². The number of nitrogens with one attached hydrogen (secondary N) is 2. The Morgan fingerprint density at radius 3 is 2.81 bits per heavy atom. The van der Waals surface area contributed by atoms with Crippen LogP contribution in [-0.4, -0.2) is 28.4 Å². The molecule has 2 aliphatic rings. The summed E-state index contributed by atoms with van der Waals surface area (Å²) in [5.74, 6) is 0. The van der Waals surface area contributed by atoms with E-state index in [4.69, 9.17) is 25.6 Å². The number of aromatic nitrogens is 2. The highest BCUT2D eigenvalue weighted by molar-refractivity contribution is 8.10. The van der Waals surface area contributed by atoms with Crippen LogP contribution in [-0.2, 0) is 25.6 Å². The number of rotatable bonds is 3. The minimum Gasteiger partial charge on any atom is -0.349 e. The lowest BCUT2D eigenvalue weighted by molar-refractivity contribution is -0.0526. The average Bonchev–Trinajstić information content (AvgIpc) is 3.01. The van der Waals surface area contributed by atoms with Gasteiger partial charge in [-0.3, -0.25) is 14.3 Å². The quantitative estimate of drug-likeness (QED) is 0.767. The summed E-state index contributed by atoms with van der Waals surface area (Å²) in [6.07, 6.45) is 0.828. The van der Waals surface area contributed by atoms with Crippen molar-refractivity contribution in [1.29, 1.82) is 0 Å². The first kappa shape index (κ1) is 17.6. The van der Waals surface area contributed by atoms with Crippen LogP contribution >= 0.6 is 6.64 Å². The maximum absolute atomic E-state index is 12.1. The van der Waals surface area contributed by atoms with E-state index in [1.165, 1.54) is 10.8 Å². The lowest BCUT2D eigenvalue weighted by atomic mass is 10.2. The highest BCUT2D eigenvalue weighted by Crippen LogP contribution is 2.55. The average molecular weight is 395 g/mol. The zero-order valence-corrected chi connectivity index (χ0v) is 15.7. The Labute approximate surface area is 154 Å². The van der Waals surface area contributed by atoms with Gasteiger partial charge in [0.2, 0.25) is 0 Å². The van der Waals surface area contributed by atoms with Crippen LogP contribution in [0.5, 0.6) is 0 Å². The van der Waals surface area contributed by atoms with Crippen LogP contribution in [0, 0.1) is 6.92 Å². The van der Waals surface area contributed by atoms with Crippen LogP contribution in [0.15, 0.2) is 46.1 Å². The molecule has 138 valence electrons. The number of ether oxygens (including phenoxy) is 1. The molecule has 26 heavy (non-hydrogen) atoms. The van der Waals surface area contributed by atoms with E-state index >= 15 is 0 Å². The molecule has 2 saturated heterocycles. The van der Waals surface area contributed by atoms with Crippen LogP contribution in [0.2, 0.25) is 0 Å². The van der Waals surface area contributed by atoms with Gasteiger partial charge in [0, 0.05) is 23.9 Å². The van der Waals surface area contributed by atoms with Crippen LogP contribution < -0.4 is 16.3 Å². The first-order valence-corrected chi connectivity index (χ1v) is 10.8. The summed E-state index contributed by atoms with van der Waals surface area (Å²) in [7, 11) is 0. The van der Waals surface area contributed by atoms with Crippen molar-refractivity contribution in [3.63, 3.8) is 0 Å². The van der Waals surface area contributed by atoms with E-state index in [0.717, 1.165) is 5.69 Å². The number of fused-ring (bicyclic) bond motifs is 1. The number of nitrogens with zero attached hydrogens (tertiary/aromatic N) is 1. The van der Waals surface area contributed by atoms with E-state index in [2.05, 4.69) is 10.1 Å². The van der Waals surface area contributed by atoms with Crippen molar-refractivity contribution in [2.24, 2.45) is 0 Å². The fourth-order valence-electron chi connectivity index (χ4n) is 3.04. The van der Waals surface area contributed by atoms with E-state index in [-0.39, 0.29) is 18.8 Å². The number of anilines is 1. The third kappa shape index (κ3) is 3.41. The molecule has 1 aromatic carbocycles. The van der Waals surface area contributed by atoms with Crippen LogP contribution in [0.1, 0.15) is 18.2 Å². The van der Waals surface area contributed by atoms with Gasteiger partial charge in [-0.2, -0.15) is 0 Å². The van der Waals surface area contributed by atoms with Gasteiger partial charge in [0.15, 0.2) is 0 Å². The Morgan fingerprint density at radius 2 is 2.04 bits per heavy atom. The van der Waals surface area contributed by atoms with Gasteiger partial charge in [-0.1, -0.05) is 18.2 Å². The monoisotopic (exact) mass is 395 g/mol. The molecule has 0 saturated carbocycles. The molecule has 8 nitrogen and oxygen atoms in total. The minimum atomic E-state index is -2.69. The Bertz CT molecular complexity index is 976. The first-order valence-electron chi connectivity index (χ1n) is 8.17. The summed E-state index contributed by atoms with van der Waals surface area (Å²) in [5.41, 5.74) is 0.365. The van der Waals surface area contributed by atoms with Crippen LogP contribution in [0.4, 0.5) is 5.69 Å². The summed E-state index contributed by atoms with van der Waals surface area (Å²) in [4.78, 5) is 25.9. The molecular formula is C16H18N3O5PS. The van der Waals surface area contributed by atoms with Crippen molar-refractivity contribution in [2.45, 2.75) is 31.8 Å². The Hall–Kier alpha value is -1.77. The minimum absolute atomic E-state index is 0.282. The molecule has 0 spiro atoms. The zero-order chi connectivity index (χ0) is 18.3. The van der Waals surface area contributed by atoms with Gasteiger partial charge >= 0.3 is 5.69 Å². The van der Waals surface area contributed by atoms with Crippen molar-refractivity contribution >= 4 is 24.1 Å². The predicted octanol–water partition coefficient (Wildman–Crippen LogP) is 1.88. The molecule has 10 heteroatoms. The number of hydrogen-bond donors (Lipinski definition) is 2. The normalized spacial score (nSPS) is 30.7. The number of aromatic amines is 1. The molecule has 0 radical (unpaired) electrons. The summed E-state index contributed by atoms with van der Waals surface area (Å²) in [6.45, 7) is -0.769. The van der Waals surface area contributed by atoms with Crippen molar-refractivity contribution < 1.29 is 13.8 Å². The standard InChI is InChI=1S/C16H18N3O5PS/c1-10-8-19(16(21)17-15(10)20)14-7-12-13(23-14)9-22-25(26,24-12)18-11-5-3-2-4-6-11/h2-6,8,12-14H,7,9H2,1H3,(H,18,26)(H,17,20,21)/t12?,13-,14-,25?/m1/s1. The van der Waals surface area contributed by atoms with Gasteiger partial charge in [0.25, 0.3) is 12.2 Å². The van der Waals surface area contributed by atoms with E-state index in [0.29, 0.717) is 12.0 Å². The van der Waals surface area contributed by atoms with Gasteiger partial charge in [-0.15, -0.1) is 0 Å². The molecule has 4 rings (SSSR count). The molecule has 0 amide bonds. The largest absolute Gasteiger partial charge is 0.349 e. The van der Waals surface area contributed by atoms with Gasteiger partial charge in [0.1, 0.15) is 12.3 Å². The number of hydrogen-bond acceptors (Lipinski definition) is 6. The molecule has 2 N–H and O–H groups in total. The molecule has 2 aromatic rings. The maximum Gasteiger partial charge on any atom is 0.330 e. The Kier molecular flexibility index (Phi) is 4.58. The topological polar surface area (TPSA) is 94.6 Å². The van der Waals surface area contributed by atoms with E-state index in [1.807, 2.05) is 30.3 Å². The molecule has 2 unspecified atom stereocenters. The van der Waals surface area contributed by atoms with Crippen LogP contribution in [0.25, 0.3) is 0 Å². The molecular weight excluding hydrogens is 377 g/mol. The Balaban J connectivity index is 1.51. The molecule has 4 atom stereocenters. The second kappa shape index (κ2) is 6.75. The third-order valence-corrected chi connectivity index (χ3v) is 6.78. The zero-order valence-electron chi connectivity index (χ0n) is 14.0. The molecule has 3 heterocycles. The fraction of sp³-hybridized carbons (Fsp3) is 0.375. The third-order valence-electron chi connectivity index (χ3n) is 4.36. The molecule has 1 aromatic heterocycles. The van der Waals surface area contributed by atoms with E-state index < -0.39 is 24.1 Å². The van der Waals surface area contributed by atoms with Crippen molar-refractivity contribution in [3.05, 3.63) is 62.9 Å². The lowest BCUT2D eigenvalue weighted by Crippen LogP contribution is -2.34. The summed E-state index contributed by atoms with van der Waals surface area (Å²) < 4.78 is 19.1. The Morgan fingerprint density at radius 1 is 1.27 bits per heavy atom. The summed E-state index contributed by atoms with van der Waals surface area (Å²) >= 11 is 5.56. The fourth-order valence-corrected chi connectivity index (χ4v) is 5.44. The van der Waals surface area contributed by atoms with Crippen molar-refractivity contribution in [3.8, 4) is 0 Å². The molecule has 0 bridgehead atoms. The number of aryl methyl sites for hydroxylation is 1. The number of para-hydroxylation sites is 1.